The summed E-state index contributed by atoms with van der Waals surface area (Å²) in [5.74, 6) is -1.47. The molecule has 1 aromatic rings. The number of hydrogen-bond donors (Lipinski definition) is 1. The molecule has 0 aromatic heterocycles. The van der Waals surface area contributed by atoms with Gasteiger partial charge < -0.3 is 10.0 Å². The van der Waals surface area contributed by atoms with Gasteiger partial charge in [-0.1, -0.05) is 15.9 Å². The number of halogens is 1. The van der Waals surface area contributed by atoms with Gasteiger partial charge in [-0.15, -0.1) is 0 Å². The van der Waals surface area contributed by atoms with Crippen molar-refractivity contribution in [1.29, 1.82) is 0 Å². The van der Waals surface area contributed by atoms with E-state index in [-0.39, 0.29) is 17.8 Å². The maximum absolute atomic E-state index is 12.6. The Morgan fingerprint density at radius 3 is 2.73 bits per heavy atom. The van der Waals surface area contributed by atoms with Crippen molar-refractivity contribution in [2.75, 3.05) is 13.1 Å². The fraction of sp³-hybridized carbons (Fsp3) is 0.429. The number of likely N-dealkylation sites (tertiary alicyclic amines) is 1. The third-order valence-electron chi connectivity index (χ3n) is 3.89. The minimum atomic E-state index is -1.02. The first-order valence-corrected chi connectivity index (χ1v) is 7.50. The normalized spacial score (nSPS) is 21.5. The minimum Gasteiger partial charge on any atom is -0.481 e. The van der Waals surface area contributed by atoms with Gasteiger partial charge in [-0.2, -0.15) is 0 Å². The van der Waals surface area contributed by atoms with E-state index in [0.29, 0.717) is 23.9 Å². The van der Waals surface area contributed by atoms with Crippen LogP contribution in [0.1, 0.15) is 30.1 Å². The average Bonchev–Trinajstić information content (AvgIpc) is 2.46. The first kappa shape index (κ1) is 16.4. The smallest absolute Gasteiger partial charge is 0.311 e. The zero-order valence-electron chi connectivity index (χ0n) is 11.9. The molecule has 1 aliphatic rings. The molecular formula is C14H15BrN2O5. The number of nitrogens with zero attached hydrogens (tertiary/aromatic N) is 2. The lowest BCUT2D eigenvalue weighted by Crippen LogP contribution is -2.48. The van der Waals surface area contributed by atoms with E-state index in [9.17, 15) is 24.8 Å². The minimum absolute atomic E-state index is 0.0251. The number of carboxylic acid groups (broad SMARTS) is 1. The predicted octanol–water partition coefficient (Wildman–Crippen LogP) is 2.68. The molecule has 0 radical (unpaired) electrons. The second-order valence-corrected chi connectivity index (χ2v) is 6.53. The van der Waals surface area contributed by atoms with E-state index in [1.807, 2.05) is 0 Å². The molecule has 7 nitrogen and oxygen atoms in total. The molecular weight excluding hydrogens is 356 g/mol. The Labute approximate surface area is 135 Å². The number of nitro groups is 1. The van der Waals surface area contributed by atoms with Crippen LogP contribution in [0.5, 0.6) is 0 Å². The van der Waals surface area contributed by atoms with Crippen LogP contribution in [0.15, 0.2) is 22.7 Å². The molecule has 1 heterocycles. The fourth-order valence-electron chi connectivity index (χ4n) is 2.59. The number of carbonyl (C=O) groups excluding carboxylic acids is 1. The number of amides is 1. The molecule has 1 amide bonds. The third kappa shape index (κ3) is 3.11. The number of benzene rings is 1. The van der Waals surface area contributed by atoms with Gasteiger partial charge in [0, 0.05) is 23.6 Å². The predicted molar refractivity (Wildman–Crippen MR) is 81.7 cm³/mol. The fourth-order valence-corrected chi connectivity index (χ4v) is 2.94. The maximum Gasteiger partial charge on any atom is 0.311 e. The number of nitro benzene ring substituents is 1. The molecule has 0 spiro atoms. The van der Waals surface area contributed by atoms with Gasteiger partial charge in [0.1, 0.15) is 5.56 Å². The number of piperidine rings is 1. The van der Waals surface area contributed by atoms with Crippen LogP contribution in [0.4, 0.5) is 5.69 Å². The topological polar surface area (TPSA) is 101 Å². The molecule has 1 N–H and O–H groups in total. The van der Waals surface area contributed by atoms with E-state index in [2.05, 4.69) is 15.9 Å². The van der Waals surface area contributed by atoms with E-state index in [1.54, 1.807) is 13.0 Å². The lowest BCUT2D eigenvalue weighted by molar-refractivity contribution is -0.385. The van der Waals surface area contributed by atoms with Crippen molar-refractivity contribution in [2.24, 2.45) is 5.41 Å². The number of hydrogen-bond acceptors (Lipinski definition) is 4. The first-order chi connectivity index (χ1) is 10.2. The van der Waals surface area contributed by atoms with Crippen molar-refractivity contribution >= 4 is 33.5 Å². The van der Waals surface area contributed by atoms with Crippen molar-refractivity contribution < 1.29 is 19.6 Å². The summed E-state index contributed by atoms with van der Waals surface area (Å²) in [5, 5.41) is 20.4. The van der Waals surface area contributed by atoms with Gasteiger partial charge in [0.2, 0.25) is 0 Å². The standard InChI is InChI=1S/C14H15BrN2O5/c1-14(13(19)20)5-2-6-16(8-14)12(18)10-4-3-9(15)7-11(10)17(21)22/h3-4,7H,2,5-6,8H2,1H3,(H,19,20). The van der Waals surface area contributed by atoms with E-state index < -0.39 is 22.2 Å². The Balaban J connectivity index is 2.32. The lowest BCUT2D eigenvalue weighted by Gasteiger charge is -2.37. The monoisotopic (exact) mass is 370 g/mol. The quantitative estimate of drug-likeness (QED) is 0.650. The van der Waals surface area contributed by atoms with Crippen molar-refractivity contribution in [2.45, 2.75) is 19.8 Å². The Kier molecular flexibility index (Phi) is 4.50. The number of aliphatic carboxylic acids is 1. The Bertz CT molecular complexity index is 648. The molecule has 2 rings (SSSR count). The van der Waals surface area contributed by atoms with Gasteiger partial charge in [0.15, 0.2) is 0 Å². The van der Waals surface area contributed by atoms with E-state index in [0.717, 1.165) is 0 Å². The zero-order valence-corrected chi connectivity index (χ0v) is 13.5. The molecule has 1 saturated heterocycles. The Hall–Kier alpha value is -1.96. The highest BCUT2D eigenvalue weighted by Gasteiger charge is 2.40. The van der Waals surface area contributed by atoms with Crippen LogP contribution in [0, 0.1) is 15.5 Å². The van der Waals surface area contributed by atoms with Crippen LogP contribution in [-0.2, 0) is 4.79 Å². The number of carbonyl (C=O) groups is 2. The molecule has 1 aliphatic heterocycles. The summed E-state index contributed by atoms with van der Waals surface area (Å²) < 4.78 is 0.504. The van der Waals surface area contributed by atoms with Gasteiger partial charge in [-0.05, 0) is 31.9 Å². The first-order valence-electron chi connectivity index (χ1n) is 6.71. The van der Waals surface area contributed by atoms with Crippen LogP contribution >= 0.6 is 15.9 Å². The molecule has 1 unspecified atom stereocenters. The van der Waals surface area contributed by atoms with Crippen LogP contribution in [-0.4, -0.2) is 39.9 Å². The average molecular weight is 371 g/mol. The second-order valence-electron chi connectivity index (χ2n) is 5.61. The largest absolute Gasteiger partial charge is 0.481 e. The van der Waals surface area contributed by atoms with Crippen LogP contribution in [0.3, 0.4) is 0 Å². The van der Waals surface area contributed by atoms with Crippen LogP contribution in [0.2, 0.25) is 0 Å². The molecule has 118 valence electrons. The summed E-state index contributed by atoms with van der Waals surface area (Å²) in [5.41, 5.74) is -1.33. The molecule has 1 aromatic carbocycles. The second kappa shape index (κ2) is 6.04. The van der Waals surface area contributed by atoms with Gasteiger partial charge in [-0.25, -0.2) is 0 Å². The van der Waals surface area contributed by atoms with Gasteiger partial charge >= 0.3 is 5.97 Å². The zero-order chi connectivity index (χ0) is 16.5. The van der Waals surface area contributed by atoms with Crippen LogP contribution in [0.25, 0.3) is 0 Å². The molecule has 1 atom stereocenters. The van der Waals surface area contributed by atoms with E-state index in [1.165, 1.54) is 17.0 Å². The molecule has 0 bridgehead atoms. The Morgan fingerprint density at radius 1 is 1.45 bits per heavy atom. The maximum atomic E-state index is 12.6. The van der Waals surface area contributed by atoms with Crippen molar-refractivity contribution in [3.63, 3.8) is 0 Å². The number of carboxylic acids is 1. The van der Waals surface area contributed by atoms with Crippen molar-refractivity contribution in [3.8, 4) is 0 Å². The summed E-state index contributed by atoms with van der Waals surface area (Å²) in [6.07, 6.45) is 1.04. The van der Waals surface area contributed by atoms with Crippen LogP contribution < -0.4 is 0 Å². The molecule has 8 heteroatoms. The summed E-state index contributed by atoms with van der Waals surface area (Å²) in [4.78, 5) is 35.8. The Morgan fingerprint density at radius 2 is 2.14 bits per heavy atom. The summed E-state index contributed by atoms with van der Waals surface area (Å²) >= 11 is 3.14. The SMILES string of the molecule is CC1(C(=O)O)CCCN(C(=O)c2ccc(Br)cc2[N+](=O)[O-])C1. The summed E-state index contributed by atoms with van der Waals surface area (Å²) in [6.45, 7) is 2.04. The van der Waals surface area contributed by atoms with Crippen molar-refractivity contribution in [3.05, 3.63) is 38.3 Å². The summed E-state index contributed by atoms with van der Waals surface area (Å²) in [7, 11) is 0. The molecule has 1 fully saturated rings. The number of rotatable bonds is 3. The van der Waals surface area contributed by atoms with Gasteiger partial charge in [0.05, 0.1) is 10.3 Å². The third-order valence-corrected chi connectivity index (χ3v) is 4.38. The molecule has 0 saturated carbocycles. The molecule has 0 aliphatic carbocycles. The van der Waals surface area contributed by atoms with E-state index >= 15 is 0 Å². The van der Waals surface area contributed by atoms with Gasteiger partial charge in [-0.3, -0.25) is 19.7 Å². The lowest BCUT2D eigenvalue weighted by atomic mass is 9.82. The highest BCUT2D eigenvalue weighted by atomic mass is 79.9. The van der Waals surface area contributed by atoms with Crippen molar-refractivity contribution in [1.82, 2.24) is 4.90 Å². The highest BCUT2D eigenvalue weighted by Crippen LogP contribution is 2.32. The van der Waals surface area contributed by atoms with Gasteiger partial charge in [0.25, 0.3) is 11.6 Å². The summed E-state index contributed by atoms with van der Waals surface area (Å²) in [6, 6.07) is 4.21. The molecule has 22 heavy (non-hydrogen) atoms. The van der Waals surface area contributed by atoms with E-state index in [4.69, 9.17) is 0 Å². The highest BCUT2D eigenvalue weighted by molar-refractivity contribution is 9.10.